The molecule has 0 saturated carbocycles. The second-order valence-electron chi connectivity index (χ2n) is 4.58. The first kappa shape index (κ1) is 14.5. The predicted octanol–water partition coefficient (Wildman–Crippen LogP) is 3.95. The van der Waals surface area contributed by atoms with Gasteiger partial charge in [-0.25, -0.2) is 0 Å². The van der Waals surface area contributed by atoms with Crippen molar-refractivity contribution in [2.45, 2.75) is 25.7 Å². The number of nitrogens with zero attached hydrogens (tertiary/aromatic N) is 1. The van der Waals surface area contributed by atoms with Crippen molar-refractivity contribution in [1.82, 2.24) is 10.3 Å². The molecule has 0 radical (unpaired) electrons. The van der Waals surface area contributed by atoms with Crippen LogP contribution >= 0.6 is 0 Å². The Morgan fingerprint density at radius 1 is 1.15 bits per heavy atom. The second-order valence-corrected chi connectivity index (χ2v) is 4.58. The van der Waals surface area contributed by atoms with Gasteiger partial charge in [0.05, 0.1) is 5.56 Å². The Labute approximate surface area is 115 Å². The van der Waals surface area contributed by atoms with Crippen LogP contribution < -0.4 is 5.32 Å². The molecular formula is C15H15F3N2. The molecule has 0 amide bonds. The van der Waals surface area contributed by atoms with Crippen molar-refractivity contribution >= 4 is 0 Å². The molecule has 0 aliphatic rings. The maximum atomic E-state index is 12.7. The third-order valence-electron chi connectivity index (χ3n) is 3.08. The Morgan fingerprint density at radius 2 is 1.85 bits per heavy atom. The average molecular weight is 280 g/mol. The highest BCUT2D eigenvalue weighted by atomic mass is 19.4. The Hall–Kier alpha value is -1.88. The zero-order chi connectivity index (χ0) is 14.6. The average Bonchev–Trinajstić information content (AvgIpc) is 2.45. The van der Waals surface area contributed by atoms with Gasteiger partial charge in [-0.05, 0) is 42.3 Å². The number of aromatic nitrogens is 1. The minimum Gasteiger partial charge on any atom is -0.306 e. The van der Waals surface area contributed by atoms with Gasteiger partial charge < -0.3 is 5.32 Å². The molecule has 2 rings (SSSR count). The summed E-state index contributed by atoms with van der Waals surface area (Å²) in [6, 6.07) is 8.97. The number of hydrogen-bond donors (Lipinski definition) is 1. The molecule has 1 aromatic carbocycles. The predicted molar refractivity (Wildman–Crippen MR) is 70.9 cm³/mol. The maximum Gasteiger partial charge on any atom is 0.416 e. The fourth-order valence-electron chi connectivity index (χ4n) is 1.87. The summed E-state index contributed by atoms with van der Waals surface area (Å²) in [6.07, 6.45) is -0.932. The molecule has 0 aliphatic heterocycles. The molecule has 1 N–H and O–H groups in total. The molecule has 1 aromatic heterocycles. The Bertz CT molecular complexity index is 553. The monoisotopic (exact) mass is 280 g/mol. The van der Waals surface area contributed by atoms with E-state index in [1.807, 2.05) is 19.1 Å². The Kier molecular flexibility index (Phi) is 4.39. The van der Waals surface area contributed by atoms with E-state index in [0.29, 0.717) is 12.1 Å². The van der Waals surface area contributed by atoms with Crippen molar-refractivity contribution in [1.29, 1.82) is 0 Å². The molecule has 1 atom stereocenters. The van der Waals surface area contributed by atoms with E-state index in [1.54, 1.807) is 18.5 Å². The first-order valence-corrected chi connectivity index (χ1v) is 6.26. The first-order valence-electron chi connectivity index (χ1n) is 6.26. The van der Waals surface area contributed by atoms with Crippen LogP contribution in [0.25, 0.3) is 0 Å². The summed E-state index contributed by atoms with van der Waals surface area (Å²) in [7, 11) is 0. The summed E-state index contributed by atoms with van der Waals surface area (Å²) >= 11 is 0. The lowest BCUT2D eigenvalue weighted by Gasteiger charge is -2.16. The van der Waals surface area contributed by atoms with Crippen LogP contribution in [0.1, 0.15) is 29.7 Å². The minimum atomic E-state index is -4.30. The molecule has 0 spiro atoms. The summed E-state index contributed by atoms with van der Waals surface area (Å²) < 4.78 is 38.0. The number of pyridine rings is 1. The van der Waals surface area contributed by atoms with Gasteiger partial charge in [0.25, 0.3) is 0 Å². The lowest BCUT2D eigenvalue weighted by Crippen LogP contribution is -2.18. The van der Waals surface area contributed by atoms with E-state index in [1.165, 1.54) is 12.1 Å². The molecule has 106 valence electrons. The molecule has 1 heterocycles. The highest BCUT2D eigenvalue weighted by Crippen LogP contribution is 2.30. The van der Waals surface area contributed by atoms with E-state index in [4.69, 9.17) is 0 Å². The zero-order valence-corrected chi connectivity index (χ0v) is 11.0. The smallest absolute Gasteiger partial charge is 0.306 e. The lowest BCUT2D eigenvalue weighted by atomic mass is 10.0. The van der Waals surface area contributed by atoms with Crippen LogP contribution in [0.5, 0.6) is 0 Å². The maximum absolute atomic E-state index is 12.7. The molecule has 0 fully saturated rings. The van der Waals surface area contributed by atoms with E-state index in [9.17, 15) is 13.2 Å². The van der Waals surface area contributed by atoms with Gasteiger partial charge in [0.15, 0.2) is 0 Å². The van der Waals surface area contributed by atoms with Crippen LogP contribution in [0.15, 0.2) is 48.8 Å². The van der Waals surface area contributed by atoms with Crippen LogP contribution in [0.2, 0.25) is 0 Å². The van der Waals surface area contributed by atoms with Gasteiger partial charge in [0, 0.05) is 25.0 Å². The van der Waals surface area contributed by atoms with Crippen LogP contribution in [0.4, 0.5) is 13.2 Å². The number of halogens is 3. The fraction of sp³-hybridized carbons (Fsp3) is 0.267. The van der Waals surface area contributed by atoms with Crippen molar-refractivity contribution in [3.63, 3.8) is 0 Å². The van der Waals surface area contributed by atoms with Crippen LogP contribution in [-0.4, -0.2) is 4.98 Å². The van der Waals surface area contributed by atoms with Crippen molar-refractivity contribution in [3.8, 4) is 0 Å². The summed E-state index contributed by atoms with van der Waals surface area (Å²) in [4.78, 5) is 3.92. The zero-order valence-electron chi connectivity index (χ0n) is 11.0. The van der Waals surface area contributed by atoms with Crippen molar-refractivity contribution in [2.24, 2.45) is 0 Å². The van der Waals surface area contributed by atoms with E-state index in [2.05, 4.69) is 10.3 Å². The number of nitrogens with one attached hydrogen (secondary N) is 1. The lowest BCUT2D eigenvalue weighted by molar-refractivity contribution is -0.137. The number of rotatable bonds is 4. The molecule has 2 aromatic rings. The van der Waals surface area contributed by atoms with E-state index in [-0.39, 0.29) is 6.04 Å². The van der Waals surface area contributed by atoms with E-state index in [0.717, 1.165) is 11.6 Å². The van der Waals surface area contributed by atoms with E-state index >= 15 is 0 Å². The first-order chi connectivity index (χ1) is 9.47. The summed E-state index contributed by atoms with van der Waals surface area (Å²) in [6.45, 7) is 2.43. The third-order valence-corrected chi connectivity index (χ3v) is 3.08. The largest absolute Gasteiger partial charge is 0.416 e. The van der Waals surface area contributed by atoms with Gasteiger partial charge in [-0.2, -0.15) is 13.2 Å². The Morgan fingerprint density at radius 3 is 2.50 bits per heavy atom. The van der Waals surface area contributed by atoms with Gasteiger partial charge >= 0.3 is 6.18 Å². The third kappa shape index (κ3) is 3.81. The van der Waals surface area contributed by atoms with Crippen molar-refractivity contribution < 1.29 is 13.2 Å². The number of hydrogen-bond acceptors (Lipinski definition) is 2. The van der Waals surface area contributed by atoms with Crippen LogP contribution in [0, 0.1) is 0 Å². The quantitative estimate of drug-likeness (QED) is 0.917. The number of alkyl halides is 3. The summed E-state index contributed by atoms with van der Waals surface area (Å²) in [5, 5.41) is 3.20. The van der Waals surface area contributed by atoms with Crippen LogP contribution in [-0.2, 0) is 12.7 Å². The van der Waals surface area contributed by atoms with Gasteiger partial charge in [0.1, 0.15) is 0 Å². The molecule has 2 nitrogen and oxygen atoms in total. The molecular weight excluding hydrogens is 265 g/mol. The number of benzene rings is 1. The molecule has 1 unspecified atom stereocenters. The van der Waals surface area contributed by atoms with Crippen molar-refractivity contribution in [3.05, 3.63) is 65.5 Å². The summed E-state index contributed by atoms with van der Waals surface area (Å²) in [5.41, 5.74) is 1.04. The van der Waals surface area contributed by atoms with Crippen molar-refractivity contribution in [2.75, 3.05) is 0 Å². The topological polar surface area (TPSA) is 24.9 Å². The fourth-order valence-corrected chi connectivity index (χ4v) is 1.87. The molecule has 20 heavy (non-hydrogen) atoms. The molecule has 5 heteroatoms. The standard InChI is InChI=1S/C15H15F3N2/c1-11(20-10-12-5-7-19-8-6-12)13-3-2-4-14(9-13)15(16,17)18/h2-9,11,20H,10H2,1H3. The molecule has 0 aliphatic carbocycles. The normalized spacial score (nSPS) is 13.2. The van der Waals surface area contributed by atoms with E-state index < -0.39 is 11.7 Å². The van der Waals surface area contributed by atoms with Crippen LogP contribution in [0.3, 0.4) is 0 Å². The molecule has 0 bridgehead atoms. The minimum absolute atomic E-state index is 0.162. The SMILES string of the molecule is CC(NCc1ccncc1)c1cccc(C(F)(F)F)c1. The Balaban J connectivity index is 2.04. The second kappa shape index (κ2) is 6.05. The highest BCUT2D eigenvalue weighted by Gasteiger charge is 2.30. The molecule has 0 saturated heterocycles. The highest BCUT2D eigenvalue weighted by molar-refractivity contribution is 5.27. The van der Waals surface area contributed by atoms with Gasteiger partial charge in [-0.1, -0.05) is 12.1 Å². The van der Waals surface area contributed by atoms with Gasteiger partial charge in [-0.15, -0.1) is 0 Å². The van der Waals surface area contributed by atoms with Gasteiger partial charge in [0.2, 0.25) is 0 Å². The van der Waals surface area contributed by atoms with Gasteiger partial charge in [-0.3, -0.25) is 4.98 Å². The summed E-state index contributed by atoms with van der Waals surface area (Å²) in [5.74, 6) is 0.